The highest BCUT2D eigenvalue weighted by atomic mass is 19.4. The molecule has 2 amide bonds. The lowest BCUT2D eigenvalue weighted by Crippen LogP contribution is -2.61. The second-order valence-corrected chi connectivity index (χ2v) is 10.1. The van der Waals surface area contributed by atoms with Gasteiger partial charge in [0.05, 0.1) is 12.1 Å². The Kier molecular flexibility index (Phi) is 4.83. The molecule has 1 aliphatic heterocycles. The number of rotatable bonds is 4. The van der Waals surface area contributed by atoms with Crippen LogP contribution in [-0.4, -0.2) is 45.6 Å². The third-order valence-electron chi connectivity index (χ3n) is 8.33. The molecule has 2 heterocycles. The Morgan fingerprint density at radius 2 is 1.88 bits per heavy atom. The van der Waals surface area contributed by atoms with Crippen LogP contribution in [0.1, 0.15) is 44.2 Å². The van der Waals surface area contributed by atoms with Gasteiger partial charge < -0.3 is 21.1 Å². The number of aromatic nitrogens is 1. The van der Waals surface area contributed by atoms with Gasteiger partial charge in [-0.1, -0.05) is 6.07 Å². The smallest absolute Gasteiger partial charge is 0.433 e. The van der Waals surface area contributed by atoms with Crippen molar-refractivity contribution >= 4 is 17.8 Å². The number of anilines is 1. The van der Waals surface area contributed by atoms with Crippen LogP contribution in [-0.2, 0) is 11.0 Å². The fraction of sp³-hybridized carbons (Fsp3) is 0.682. The third kappa shape index (κ3) is 3.38. The van der Waals surface area contributed by atoms with Gasteiger partial charge in [0.15, 0.2) is 0 Å². The van der Waals surface area contributed by atoms with Gasteiger partial charge in [-0.15, -0.1) is 0 Å². The number of nitrogens with zero attached hydrogens (tertiary/aromatic N) is 2. The zero-order valence-corrected chi connectivity index (χ0v) is 17.5. The summed E-state index contributed by atoms with van der Waals surface area (Å²) in [6.45, 7) is 0.316. The van der Waals surface area contributed by atoms with Crippen molar-refractivity contribution in [2.75, 3.05) is 11.9 Å². The number of amides is 2. The van der Waals surface area contributed by atoms with Gasteiger partial charge in [0.1, 0.15) is 11.5 Å². The normalized spacial score (nSPS) is 38.2. The fourth-order valence-corrected chi connectivity index (χ4v) is 7.46. The van der Waals surface area contributed by atoms with Crippen LogP contribution in [0.4, 0.5) is 23.8 Å². The summed E-state index contributed by atoms with van der Waals surface area (Å²) in [7, 11) is 0. The number of nitrogens with two attached hydrogens (primary N) is 1. The zero-order chi connectivity index (χ0) is 22.8. The number of hydrogen-bond donors (Lipinski definition) is 3. The molecule has 7 atom stereocenters. The molecule has 1 aromatic heterocycles. The number of halogens is 3. The van der Waals surface area contributed by atoms with E-state index in [0.29, 0.717) is 31.7 Å². The summed E-state index contributed by atoms with van der Waals surface area (Å²) in [6.07, 6.45) is -0.986. The van der Waals surface area contributed by atoms with E-state index in [1.165, 1.54) is 17.0 Å². The molecule has 4 N–H and O–H groups in total. The zero-order valence-electron chi connectivity index (χ0n) is 17.5. The van der Waals surface area contributed by atoms with E-state index in [4.69, 9.17) is 5.73 Å². The number of pyridine rings is 1. The molecular weight excluding hydrogens is 425 g/mol. The molecule has 0 spiro atoms. The van der Waals surface area contributed by atoms with E-state index in [2.05, 4.69) is 10.3 Å². The van der Waals surface area contributed by atoms with Crippen LogP contribution in [0, 0.1) is 29.1 Å². The maximum Gasteiger partial charge on any atom is 0.433 e. The average molecular weight is 452 g/mol. The number of carbonyl (C=O) groups excluding carboxylic acids is 1. The molecule has 0 aromatic carbocycles. The van der Waals surface area contributed by atoms with Crippen LogP contribution in [0.15, 0.2) is 18.2 Å². The van der Waals surface area contributed by atoms with E-state index in [1.807, 2.05) is 0 Å². The van der Waals surface area contributed by atoms with Gasteiger partial charge in [-0.3, -0.25) is 4.79 Å². The van der Waals surface area contributed by atoms with E-state index in [-0.39, 0.29) is 41.6 Å². The number of primary amides is 1. The van der Waals surface area contributed by atoms with Gasteiger partial charge in [-0.25, -0.2) is 9.78 Å². The second kappa shape index (κ2) is 7.25. The molecule has 0 radical (unpaired) electrons. The molecule has 1 saturated heterocycles. The Morgan fingerprint density at radius 1 is 1.19 bits per heavy atom. The Labute approximate surface area is 183 Å². The van der Waals surface area contributed by atoms with Crippen LogP contribution in [0.25, 0.3) is 0 Å². The van der Waals surface area contributed by atoms with Gasteiger partial charge in [0.25, 0.3) is 0 Å². The maximum atomic E-state index is 13.1. The number of carbonyl (C=O) groups is 2. The predicted octanol–water partition coefficient (Wildman–Crippen LogP) is 3.56. The lowest BCUT2D eigenvalue weighted by atomic mass is 9.44. The minimum absolute atomic E-state index is 0.0564. The van der Waals surface area contributed by atoms with Crippen LogP contribution in [0.2, 0.25) is 0 Å². The Balaban J connectivity index is 1.43. The molecule has 1 aromatic rings. The molecular formula is C22H27F3N4O3. The van der Waals surface area contributed by atoms with Crippen molar-refractivity contribution in [3.63, 3.8) is 0 Å². The maximum absolute atomic E-state index is 13.1. The molecule has 5 fully saturated rings. The Morgan fingerprint density at radius 3 is 2.47 bits per heavy atom. The monoisotopic (exact) mass is 452 g/mol. The first kappa shape index (κ1) is 21.3. The minimum Gasteiger partial charge on any atom is -0.465 e. The van der Waals surface area contributed by atoms with Crippen molar-refractivity contribution in [2.45, 2.75) is 56.8 Å². The molecule has 4 unspecified atom stereocenters. The largest absolute Gasteiger partial charge is 0.465 e. The first-order valence-corrected chi connectivity index (χ1v) is 11.2. The first-order valence-electron chi connectivity index (χ1n) is 11.2. The topological polar surface area (TPSA) is 109 Å². The van der Waals surface area contributed by atoms with Crippen molar-refractivity contribution < 1.29 is 27.9 Å². The lowest BCUT2D eigenvalue weighted by Gasteiger charge is -2.61. The summed E-state index contributed by atoms with van der Waals surface area (Å²) in [4.78, 5) is 29.5. The number of carboxylic acid groups (broad SMARTS) is 1. The molecule has 4 saturated carbocycles. The van der Waals surface area contributed by atoms with Gasteiger partial charge in [-0.05, 0) is 74.3 Å². The van der Waals surface area contributed by atoms with Crippen LogP contribution < -0.4 is 11.1 Å². The molecule has 5 aliphatic rings. The van der Waals surface area contributed by atoms with Crippen LogP contribution in [0.3, 0.4) is 0 Å². The van der Waals surface area contributed by atoms with Crippen LogP contribution in [0.5, 0.6) is 0 Å². The molecule has 6 rings (SSSR count). The summed E-state index contributed by atoms with van der Waals surface area (Å²) in [5.74, 6) is 0.725. The lowest BCUT2D eigenvalue weighted by molar-refractivity contribution is -0.154. The summed E-state index contributed by atoms with van der Waals surface area (Å²) >= 11 is 0. The van der Waals surface area contributed by atoms with Crippen molar-refractivity contribution in [2.24, 2.45) is 34.8 Å². The Bertz CT molecular complexity index is 923. The average Bonchev–Trinajstić information content (AvgIpc) is 3.10. The second-order valence-electron chi connectivity index (χ2n) is 10.1. The number of hydrogen-bond acceptors (Lipinski definition) is 4. The van der Waals surface area contributed by atoms with Crippen molar-refractivity contribution in [3.8, 4) is 0 Å². The molecule has 10 heteroatoms. The highest BCUT2D eigenvalue weighted by molar-refractivity contribution is 5.81. The minimum atomic E-state index is -4.55. The standard InChI is InChI=1S/C22H27F3N4O3/c23-22(24,25)15-2-1-3-16(28-15)27-14-4-5-29(20(31)32)18(14)17-12-6-11-7-13(17)10-21(8-11,9-12)19(26)30/h1-3,11-14,17-18H,4-10H2,(H2,26,30)(H,27,28)(H,31,32)/t11?,12-,13?,14?,17?,18-,21-/m0/s1. The van der Waals surface area contributed by atoms with Crippen molar-refractivity contribution in [1.29, 1.82) is 0 Å². The molecule has 32 heavy (non-hydrogen) atoms. The van der Waals surface area contributed by atoms with Gasteiger partial charge in [-0.2, -0.15) is 13.2 Å². The van der Waals surface area contributed by atoms with E-state index in [0.717, 1.165) is 25.3 Å². The van der Waals surface area contributed by atoms with E-state index in [9.17, 15) is 27.9 Å². The molecule has 4 bridgehead atoms. The summed E-state index contributed by atoms with van der Waals surface area (Å²) < 4.78 is 39.3. The summed E-state index contributed by atoms with van der Waals surface area (Å²) in [5, 5.41) is 13.0. The van der Waals surface area contributed by atoms with Crippen molar-refractivity contribution in [1.82, 2.24) is 9.88 Å². The van der Waals surface area contributed by atoms with Crippen LogP contribution >= 0.6 is 0 Å². The molecule has 174 valence electrons. The molecule has 7 nitrogen and oxygen atoms in total. The van der Waals surface area contributed by atoms with Gasteiger partial charge in [0, 0.05) is 12.0 Å². The SMILES string of the molecule is NC(=O)[C@]12CC3CC(C1)C([C@@H]1C(Nc4cccc(C(F)(F)F)n4)CCN1C(=O)O)[C@@H](C3)C2. The number of alkyl halides is 3. The quantitative estimate of drug-likeness (QED) is 0.647. The van der Waals surface area contributed by atoms with Gasteiger partial charge >= 0.3 is 12.3 Å². The highest BCUT2D eigenvalue weighted by Gasteiger charge is 2.61. The summed E-state index contributed by atoms with van der Waals surface area (Å²) in [6, 6.07) is 2.99. The number of nitrogens with one attached hydrogen (secondary N) is 1. The van der Waals surface area contributed by atoms with Gasteiger partial charge in [0.2, 0.25) is 5.91 Å². The first-order chi connectivity index (χ1) is 15.1. The predicted molar refractivity (Wildman–Crippen MR) is 108 cm³/mol. The van der Waals surface area contributed by atoms with E-state index >= 15 is 0 Å². The van der Waals surface area contributed by atoms with Crippen molar-refractivity contribution in [3.05, 3.63) is 23.9 Å². The Hall–Kier alpha value is -2.52. The summed E-state index contributed by atoms with van der Waals surface area (Å²) in [5.41, 5.74) is 4.33. The number of likely N-dealkylation sites (tertiary alicyclic amines) is 1. The third-order valence-corrected chi connectivity index (χ3v) is 8.33. The van der Waals surface area contributed by atoms with E-state index < -0.39 is 23.4 Å². The highest BCUT2D eigenvalue weighted by Crippen LogP contribution is 2.63. The van der Waals surface area contributed by atoms with E-state index in [1.54, 1.807) is 0 Å². The molecule has 4 aliphatic carbocycles. The fourth-order valence-electron chi connectivity index (χ4n) is 7.46.